The standard InChI is InChI=1S/C15H11Cl4NOS/c16-11-6-4-5-10(9-11)13(21)20-14(15(17,18)19)22-12-7-2-1-3-8-12/h1-9,14H,(H,20,21)/t14-/m0/s1. The second kappa shape index (κ2) is 7.80. The van der Waals surface area contributed by atoms with Crippen LogP contribution in [0.15, 0.2) is 59.5 Å². The van der Waals surface area contributed by atoms with Gasteiger partial charge in [0, 0.05) is 15.5 Å². The van der Waals surface area contributed by atoms with E-state index in [9.17, 15) is 4.79 Å². The first-order valence-electron chi connectivity index (χ1n) is 6.21. The number of carbonyl (C=O) groups excluding carboxylic acids is 1. The maximum absolute atomic E-state index is 12.3. The Morgan fingerprint density at radius 2 is 1.73 bits per heavy atom. The third kappa shape index (κ3) is 5.25. The van der Waals surface area contributed by atoms with Gasteiger partial charge in [0.1, 0.15) is 5.37 Å². The van der Waals surface area contributed by atoms with Crippen molar-refractivity contribution in [3.05, 3.63) is 65.2 Å². The van der Waals surface area contributed by atoms with E-state index in [0.29, 0.717) is 10.6 Å². The van der Waals surface area contributed by atoms with Crippen molar-refractivity contribution in [3.63, 3.8) is 0 Å². The van der Waals surface area contributed by atoms with Crippen LogP contribution in [0.25, 0.3) is 0 Å². The van der Waals surface area contributed by atoms with Gasteiger partial charge in [0.15, 0.2) is 0 Å². The van der Waals surface area contributed by atoms with Crippen LogP contribution >= 0.6 is 58.2 Å². The van der Waals surface area contributed by atoms with Crippen molar-refractivity contribution in [2.45, 2.75) is 14.1 Å². The average Bonchev–Trinajstić information content (AvgIpc) is 2.46. The van der Waals surface area contributed by atoms with Crippen molar-refractivity contribution in [2.24, 2.45) is 0 Å². The summed E-state index contributed by atoms with van der Waals surface area (Å²) in [6.07, 6.45) is 0. The highest BCUT2D eigenvalue weighted by molar-refractivity contribution is 8.00. The molecule has 2 aromatic rings. The first-order valence-corrected chi connectivity index (χ1v) is 8.60. The summed E-state index contributed by atoms with van der Waals surface area (Å²) < 4.78 is -1.66. The van der Waals surface area contributed by atoms with Crippen LogP contribution in [0.3, 0.4) is 0 Å². The van der Waals surface area contributed by atoms with E-state index >= 15 is 0 Å². The van der Waals surface area contributed by atoms with Gasteiger partial charge >= 0.3 is 0 Å². The number of benzene rings is 2. The molecule has 0 unspecified atom stereocenters. The molecule has 116 valence electrons. The lowest BCUT2D eigenvalue weighted by molar-refractivity contribution is 0.0950. The van der Waals surface area contributed by atoms with E-state index < -0.39 is 9.17 Å². The number of hydrogen-bond donors (Lipinski definition) is 1. The zero-order valence-corrected chi connectivity index (χ0v) is 14.9. The molecule has 2 rings (SSSR count). The predicted molar refractivity (Wildman–Crippen MR) is 95.3 cm³/mol. The summed E-state index contributed by atoms with van der Waals surface area (Å²) in [5.74, 6) is -0.359. The van der Waals surface area contributed by atoms with E-state index in [4.69, 9.17) is 46.4 Å². The zero-order valence-electron chi connectivity index (χ0n) is 11.1. The minimum absolute atomic E-state index is 0.359. The van der Waals surface area contributed by atoms with Crippen LogP contribution in [0.2, 0.25) is 5.02 Å². The maximum Gasteiger partial charge on any atom is 0.252 e. The molecule has 0 heterocycles. The first-order chi connectivity index (χ1) is 10.4. The summed E-state index contributed by atoms with van der Waals surface area (Å²) in [5, 5.41) is 2.44. The summed E-state index contributed by atoms with van der Waals surface area (Å²) in [4.78, 5) is 13.2. The SMILES string of the molecule is O=C(N[C@@H](Sc1ccccc1)C(Cl)(Cl)Cl)c1cccc(Cl)c1. The normalized spacial score (nSPS) is 12.7. The van der Waals surface area contributed by atoms with Crippen LogP contribution < -0.4 is 5.32 Å². The second-order valence-electron chi connectivity index (χ2n) is 4.34. The monoisotopic (exact) mass is 393 g/mol. The highest BCUT2D eigenvalue weighted by atomic mass is 35.6. The van der Waals surface area contributed by atoms with E-state index in [1.165, 1.54) is 11.8 Å². The van der Waals surface area contributed by atoms with Crippen LogP contribution in [0, 0.1) is 0 Å². The molecule has 0 spiro atoms. The second-order valence-corrected chi connectivity index (χ2v) is 8.32. The summed E-state index contributed by atoms with van der Waals surface area (Å²) in [7, 11) is 0. The molecule has 1 N–H and O–H groups in total. The Hall–Kier alpha value is -0.580. The average molecular weight is 395 g/mol. The van der Waals surface area contributed by atoms with Crippen LogP contribution in [-0.2, 0) is 0 Å². The van der Waals surface area contributed by atoms with Crippen molar-refractivity contribution >= 4 is 64.1 Å². The lowest BCUT2D eigenvalue weighted by Gasteiger charge is -2.25. The van der Waals surface area contributed by atoms with Crippen molar-refractivity contribution < 1.29 is 4.79 Å². The van der Waals surface area contributed by atoms with E-state index in [1.807, 2.05) is 30.3 Å². The smallest absolute Gasteiger partial charge is 0.252 e. The van der Waals surface area contributed by atoms with Crippen LogP contribution in [0.4, 0.5) is 0 Å². The van der Waals surface area contributed by atoms with Gasteiger partial charge in [0.05, 0.1) is 0 Å². The fourth-order valence-corrected chi connectivity index (χ4v) is 3.29. The highest BCUT2D eigenvalue weighted by Crippen LogP contribution is 2.39. The molecule has 0 aliphatic heterocycles. The topological polar surface area (TPSA) is 29.1 Å². The summed E-state index contributed by atoms with van der Waals surface area (Å²) in [6.45, 7) is 0. The van der Waals surface area contributed by atoms with Gasteiger partial charge in [-0.1, -0.05) is 82.4 Å². The molecule has 0 aromatic heterocycles. The summed E-state index contributed by atoms with van der Waals surface area (Å²) in [6, 6.07) is 15.9. The first kappa shape index (κ1) is 17.8. The Morgan fingerprint density at radius 3 is 2.32 bits per heavy atom. The minimum Gasteiger partial charge on any atom is -0.336 e. The third-order valence-electron chi connectivity index (χ3n) is 2.64. The fraction of sp³-hybridized carbons (Fsp3) is 0.133. The molecular weight excluding hydrogens is 384 g/mol. The van der Waals surface area contributed by atoms with Crippen molar-refractivity contribution in [1.82, 2.24) is 5.32 Å². The molecule has 1 atom stereocenters. The number of hydrogen-bond acceptors (Lipinski definition) is 2. The number of halogens is 4. The molecule has 0 bridgehead atoms. The number of amides is 1. The van der Waals surface area contributed by atoms with Gasteiger partial charge in [0.2, 0.25) is 3.79 Å². The fourth-order valence-electron chi connectivity index (χ4n) is 1.65. The van der Waals surface area contributed by atoms with E-state index in [0.717, 1.165) is 4.90 Å². The minimum atomic E-state index is -1.66. The number of thioether (sulfide) groups is 1. The Kier molecular flexibility index (Phi) is 6.30. The van der Waals surface area contributed by atoms with Crippen LogP contribution in [0.5, 0.6) is 0 Å². The van der Waals surface area contributed by atoms with Gasteiger partial charge < -0.3 is 5.32 Å². The van der Waals surface area contributed by atoms with Crippen LogP contribution in [0.1, 0.15) is 10.4 Å². The molecule has 2 nitrogen and oxygen atoms in total. The quantitative estimate of drug-likeness (QED) is 0.417. The molecule has 7 heteroatoms. The van der Waals surface area contributed by atoms with Gasteiger partial charge in [-0.05, 0) is 30.3 Å². The Labute approximate surface area is 153 Å². The molecule has 22 heavy (non-hydrogen) atoms. The number of alkyl halides is 3. The number of rotatable bonds is 4. The van der Waals surface area contributed by atoms with Crippen LogP contribution in [-0.4, -0.2) is 15.1 Å². The molecule has 0 radical (unpaired) electrons. The highest BCUT2D eigenvalue weighted by Gasteiger charge is 2.35. The Balaban J connectivity index is 2.15. The van der Waals surface area contributed by atoms with Gasteiger partial charge in [0.25, 0.3) is 5.91 Å². The van der Waals surface area contributed by atoms with Gasteiger partial charge in [-0.25, -0.2) is 0 Å². The Bertz CT molecular complexity index is 645. The summed E-state index contributed by atoms with van der Waals surface area (Å²) >= 11 is 25.1. The van der Waals surface area contributed by atoms with E-state index in [-0.39, 0.29) is 5.91 Å². The molecule has 2 aromatic carbocycles. The molecular formula is C15H11Cl4NOS. The molecule has 0 aliphatic carbocycles. The number of carbonyl (C=O) groups is 1. The molecule has 0 saturated heterocycles. The van der Waals surface area contributed by atoms with Gasteiger partial charge in [-0.15, -0.1) is 0 Å². The molecule has 0 saturated carbocycles. The predicted octanol–water partition coefficient (Wildman–Crippen LogP) is 5.56. The third-order valence-corrected chi connectivity index (χ3v) is 5.17. The van der Waals surface area contributed by atoms with Gasteiger partial charge in [-0.3, -0.25) is 4.79 Å². The van der Waals surface area contributed by atoms with Crippen molar-refractivity contribution in [1.29, 1.82) is 0 Å². The van der Waals surface area contributed by atoms with E-state index in [2.05, 4.69) is 5.32 Å². The van der Waals surface area contributed by atoms with Gasteiger partial charge in [-0.2, -0.15) is 0 Å². The molecule has 1 amide bonds. The summed E-state index contributed by atoms with van der Waals surface area (Å²) in [5.41, 5.74) is 0.403. The van der Waals surface area contributed by atoms with Crippen molar-refractivity contribution in [2.75, 3.05) is 0 Å². The largest absolute Gasteiger partial charge is 0.336 e. The Morgan fingerprint density at radius 1 is 1.05 bits per heavy atom. The molecule has 0 fully saturated rings. The lowest BCUT2D eigenvalue weighted by atomic mass is 10.2. The lowest BCUT2D eigenvalue weighted by Crippen LogP contribution is -2.41. The molecule has 0 aliphatic rings. The van der Waals surface area contributed by atoms with E-state index in [1.54, 1.807) is 24.3 Å². The zero-order chi connectivity index (χ0) is 16.2. The number of nitrogens with one attached hydrogen (secondary N) is 1. The van der Waals surface area contributed by atoms with Crippen molar-refractivity contribution in [3.8, 4) is 0 Å². The maximum atomic E-state index is 12.3.